The topological polar surface area (TPSA) is 18.5 Å². The van der Waals surface area contributed by atoms with Gasteiger partial charge >= 0.3 is 8.56 Å². The Morgan fingerprint density at radius 1 is 1.07 bits per heavy atom. The van der Waals surface area contributed by atoms with E-state index in [0.717, 1.165) is 6.42 Å². The lowest BCUT2D eigenvalue weighted by Gasteiger charge is -2.49. The van der Waals surface area contributed by atoms with Gasteiger partial charge in [-0.15, -0.1) is 0 Å². The van der Waals surface area contributed by atoms with Crippen LogP contribution >= 0.6 is 0 Å². The number of alkyl halides is 1. The van der Waals surface area contributed by atoms with Crippen molar-refractivity contribution in [2.75, 3.05) is 14.2 Å². The van der Waals surface area contributed by atoms with Crippen molar-refractivity contribution in [2.45, 2.75) is 49.4 Å². The summed E-state index contributed by atoms with van der Waals surface area (Å²) in [6.07, 6.45) is 4.62. The van der Waals surface area contributed by atoms with E-state index in [4.69, 9.17) is 8.85 Å². The molecule has 0 heterocycles. The van der Waals surface area contributed by atoms with Gasteiger partial charge in [-0.25, -0.2) is 4.39 Å². The van der Waals surface area contributed by atoms with Crippen LogP contribution in [0.4, 0.5) is 4.39 Å². The first-order valence-electron chi connectivity index (χ1n) is 5.49. The summed E-state index contributed by atoms with van der Waals surface area (Å²) in [5.74, 6) is 0. The second kappa shape index (κ2) is 3.91. The maximum absolute atomic E-state index is 13.4. The molecule has 0 N–H and O–H groups in total. The summed E-state index contributed by atoms with van der Waals surface area (Å²) in [6, 6.07) is 0. The molecule has 2 nitrogen and oxygen atoms in total. The smallest absolute Gasteiger partial charge is 0.346 e. The van der Waals surface area contributed by atoms with E-state index in [9.17, 15) is 4.39 Å². The van der Waals surface area contributed by atoms with Crippen molar-refractivity contribution < 1.29 is 13.2 Å². The molecule has 0 aromatic heterocycles. The summed E-state index contributed by atoms with van der Waals surface area (Å²) >= 11 is 0. The lowest BCUT2D eigenvalue weighted by Crippen LogP contribution is -2.57. The third-order valence-electron chi connectivity index (χ3n) is 4.02. The summed E-state index contributed by atoms with van der Waals surface area (Å²) in [6.45, 7) is 0. The average molecular weight is 218 g/mol. The van der Waals surface area contributed by atoms with E-state index < -0.39 is 14.7 Å². The molecule has 0 aromatic rings. The van der Waals surface area contributed by atoms with Crippen molar-refractivity contribution in [1.29, 1.82) is 0 Å². The van der Waals surface area contributed by atoms with Gasteiger partial charge in [-0.3, -0.25) is 0 Å². The molecule has 2 atom stereocenters. The Bertz CT molecular complexity index is 204. The van der Waals surface area contributed by atoms with Crippen LogP contribution in [-0.2, 0) is 8.85 Å². The van der Waals surface area contributed by atoms with E-state index in [1.807, 2.05) is 0 Å². The largest absolute Gasteiger partial charge is 0.397 e. The lowest BCUT2D eigenvalue weighted by atomic mass is 9.96. The Morgan fingerprint density at radius 2 is 1.71 bits per heavy atom. The second-order valence-electron chi connectivity index (χ2n) is 4.46. The van der Waals surface area contributed by atoms with Gasteiger partial charge in [-0.1, -0.05) is 6.42 Å². The van der Waals surface area contributed by atoms with Crippen LogP contribution in [0.15, 0.2) is 0 Å². The van der Waals surface area contributed by atoms with Gasteiger partial charge in [0, 0.05) is 25.3 Å². The SMILES string of the molecule is CO[Si](OC)(C1CCC1)C1CCC1F. The molecule has 2 fully saturated rings. The molecule has 0 saturated heterocycles. The van der Waals surface area contributed by atoms with E-state index >= 15 is 0 Å². The van der Waals surface area contributed by atoms with E-state index in [2.05, 4.69) is 0 Å². The van der Waals surface area contributed by atoms with E-state index in [1.165, 1.54) is 19.3 Å². The molecular formula is C10H19FO2Si. The van der Waals surface area contributed by atoms with Gasteiger partial charge in [-0.05, 0) is 25.7 Å². The van der Waals surface area contributed by atoms with Gasteiger partial charge in [0.25, 0.3) is 0 Å². The van der Waals surface area contributed by atoms with Crippen molar-refractivity contribution in [3.63, 3.8) is 0 Å². The zero-order valence-electron chi connectivity index (χ0n) is 8.96. The van der Waals surface area contributed by atoms with Crippen molar-refractivity contribution in [3.05, 3.63) is 0 Å². The molecule has 0 aliphatic heterocycles. The summed E-state index contributed by atoms with van der Waals surface area (Å²) in [5, 5.41) is 0. The van der Waals surface area contributed by atoms with Crippen LogP contribution in [-0.4, -0.2) is 29.0 Å². The minimum Gasteiger partial charge on any atom is -0.397 e. The Morgan fingerprint density at radius 3 is 1.93 bits per heavy atom. The molecule has 0 radical (unpaired) electrons. The highest BCUT2D eigenvalue weighted by molar-refractivity contribution is 6.71. The molecule has 0 bridgehead atoms. The monoisotopic (exact) mass is 218 g/mol. The molecule has 2 saturated carbocycles. The molecule has 2 aliphatic carbocycles. The highest BCUT2D eigenvalue weighted by Crippen LogP contribution is 2.54. The fourth-order valence-electron chi connectivity index (χ4n) is 2.75. The Labute approximate surface area is 86.0 Å². The molecular weight excluding hydrogens is 199 g/mol. The predicted molar refractivity (Wildman–Crippen MR) is 55.3 cm³/mol. The fraction of sp³-hybridized carbons (Fsp3) is 1.00. The van der Waals surface area contributed by atoms with E-state index in [0.29, 0.717) is 12.0 Å². The molecule has 0 spiro atoms. The minimum atomic E-state index is -2.21. The number of rotatable bonds is 4. The van der Waals surface area contributed by atoms with E-state index in [1.54, 1.807) is 14.2 Å². The van der Waals surface area contributed by atoms with Crippen molar-refractivity contribution in [1.82, 2.24) is 0 Å². The summed E-state index contributed by atoms with van der Waals surface area (Å²) in [5.41, 5.74) is 0.642. The quantitative estimate of drug-likeness (QED) is 0.676. The molecule has 0 aromatic carbocycles. The molecule has 2 rings (SSSR count). The zero-order valence-corrected chi connectivity index (χ0v) is 9.96. The van der Waals surface area contributed by atoms with Gasteiger partial charge in [0.05, 0.1) is 0 Å². The zero-order chi connectivity index (χ0) is 10.2. The van der Waals surface area contributed by atoms with Crippen molar-refractivity contribution >= 4 is 8.56 Å². The lowest BCUT2D eigenvalue weighted by molar-refractivity contribution is 0.123. The summed E-state index contributed by atoms with van der Waals surface area (Å²) < 4.78 is 24.7. The predicted octanol–water partition coefficient (Wildman–Crippen LogP) is 2.78. The Kier molecular flexibility index (Phi) is 2.95. The van der Waals surface area contributed by atoms with Gasteiger partial charge in [-0.2, -0.15) is 0 Å². The highest BCUT2D eigenvalue weighted by Gasteiger charge is 2.58. The van der Waals surface area contributed by atoms with Crippen LogP contribution in [0.1, 0.15) is 32.1 Å². The molecule has 4 heteroatoms. The molecule has 2 unspecified atom stereocenters. The number of hydrogen-bond acceptors (Lipinski definition) is 2. The van der Waals surface area contributed by atoms with Crippen LogP contribution in [0, 0.1) is 0 Å². The van der Waals surface area contributed by atoms with Gasteiger partial charge in [0.15, 0.2) is 0 Å². The van der Waals surface area contributed by atoms with Gasteiger partial charge in [0.1, 0.15) is 6.17 Å². The first-order valence-corrected chi connectivity index (χ1v) is 7.46. The van der Waals surface area contributed by atoms with Crippen LogP contribution in [0.5, 0.6) is 0 Å². The maximum atomic E-state index is 13.4. The Hall–Kier alpha value is 0.0669. The first kappa shape index (κ1) is 10.6. The Balaban J connectivity index is 2.10. The van der Waals surface area contributed by atoms with Crippen molar-refractivity contribution in [2.24, 2.45) is 0 Å². The molecule has 82 valence electrons. The first-order chi connectivity index (χ1) is 6.74. The maximum Gasteiger partial charge on any atom is 0.346 e. The number of halogens is 1. The molecule has 2 aliphatic rings. The number of hydrogen-bond donors (Lipinski definition) is 0. The summed E-state index contributed by atoms with van der Waals surface area (Å²) in [7, 11) is 1.20. The normalized spacial score (nSPS) is 33.6. The molecule has 14 heavy (non-hydrogen) atoms. The van der Waals surface area contributed by atoms with Crippen molar-refractivity contribution in [3.8, 4) is 0 Å². The highest BCUT2D eigenvalue weighted by atomic mass is 28.4. The van der Waals surface area contributed by atoms with Gasteiger partial charge in [0.2, 0.25) is 0 Å². The standard InChI is InChI=1S/C10H19FO2Si/c1-12-14(13-2,8-4-3-5-8)10-7-6-9(10)11/h8-10H,3-7H2,1-2H3. The molecule has 0 amide bonds. The van der Waals surface area contributed by atoms with Gasteiger partial charge < -0.3 is 8.85 Å². The van der Waals surface area contributed by atoms with Crippen LogP contribution in [0.25, 0.3) is 0 Å². The third-order valence-corrected chi connectivity index (χ3v) is 8.69. The second-order valence-corrected chi connectivity index (χ2v) is 8.27. The van der Waals surface area contributed by atoms with Crippen LogP contribution in [0.2, 0.25) is 11.1 Å². The average Bonchev–Trinajstić information content (AvgIpc) is 2.11. The minimum absolute atomic E-state index is 0.0998. The fourth-order valence-corrected chi connectivity index (χ4v) is 7.24. The van der Waals surface area contributed by atoms with Crippen LogP contribution in [0.3, 0.4) is 0 Å². The third kappa shape index (κ3) is 1.35. The summed E-state index contributed by atoms with van der Waals surface area (Å²) in [4.78, 5) is 0. The van der Waals surface area contributed by atoms with Crippen LogP contribution < -0.4 is 0 Å². The van der Waals surface area contributed by atoms with E-state index in [-0.39, 0.29) is 5.54 Å².